The standard InChI is InChI=1S/C25H25Cl2N3O2/c26-22-7-4-8-23(27)25(22)32-18-24(31)28-20-9-11-21(12-10-20)30-15-13-29(14-16-30)17-19-5-2-1-3-6-19/h1-12H,13-18H2,(H,28,31). The predicted octanol–water partition coefficient (Wildman–Crippen LogP) is 5.33. The summed E-state index contributed by atoms with van der Waals surface area (Å²) < 4.78 is 5.48. The number of para-hydroxylation sites is 1. The van der Waals surface area contributed by atoms with Crippen molar-refractivity contribution >= 4 is 40.5 Å². The van der Waals surface area contributed by atoms with E-state index in [4.69, 9.17) is 27.9 Å². The highest BCUT2D eigenvalue weighted by Crippen LogP contribution is 2.32. The minimum absolute atomic E-state index is 0.172. The van der Waals surface area contributed by atoms with Gasteiger partial charge in [0.2, 0.25) is 0 Å². The molecular weight excluding hydrogens is 445 g/mol. The molecule has 1 N–H and O–H groups in total. The third kappa shape index (κ3) is 5.94. The first-order valence-corrected chi connectivity index (χ1v) is 11.3. The number of nitrogens with zero attached hydrogens (tertiary/aromatic N) is 2. The number of carbonyl (C=O) groups excluding carboxylic acids is 1. The lowest BCUT2D eigenvalue weighted by molar-refractivity contribution is -0.118. The molecule has 3 aromatic rings. The number of piperazine rings is 1. The van der Waals surface area contributed by atoms with Crippen LogP contribution in [0.2, 0.25) is 10.0 Å². The third-order valence-corrected chi connectivity index (χ3v) is 6.00. The smallest absolute Gasteiger partial charge is 0.262 e. The van der Waals surface area contributed by atoms with E-state index in [-0.39, 0.29) is 12.5 Å². The molecule has 0 unspecified atom stereocenters. The van der Waals surface area contributed by atoms with Crippen LogP contribution in [0.1, 0.15) is 5.56 Å². The molecule has 0 aliphatic carbocycles. The SMILES string of the molecule is O=C(COc1c(Cl)cccc1Cl)Nc1ccc(N2CCN(Cc3ccccc3)CC2)cc1. The fraction of sp³-hybridized carbons (Fsp3) is 0.240. The highest BCUT2D eigenvalue weighted by Gasteiger charge is 2.17. The van der Waals surface area contributed by atoms with Crippen LogP contribution in [0.4, 0.5) is 11.4 Å². The van der Waals surface area contributed by atoms with Gasteiger partial charge in [0.15, 0.2) is 12.4 Å². The van der Waals surface area contributed by atoms with Gasteiger partial charge in [-0.15, -0.1) is 0 Å². The van der Waals surface area contributed by atoms with Crippen LogP contribution < -0.4 is 15.0 Å². The fourth-order valence-electron chi connectivity index (χ4n) is 3.72. The Bertz CT molecular complexity index is 1020. The molecule has 0 aromatic heterocycles. The molecule has 1 aliphatic heterocycles. The van der Waals surface area contributed by atoms with E-state index in [1.807, 2.05) is 24.3 Å². The second-order valence-electron chi connectivity index (χ2n) is 7.68. The van der Waals surface area contributed by atoms with Crippen molar-refractivity contribution in [2.45, 2.75) is 6.54 Å². The monoisotopic (exact) mass is 469 g/mol. The minimum Gasteiger partial charge on any atom is -0.481 e. The molecule has 32 heavy (non-hydrogen) atoms. The van der Waals surface area contributed by atoms with Gasteiger partial charge in [0.25, 0.3) is 5.91 Å². The summed E-state index contributed by atoms with van der Waals surface area (Å²) >= 11 is 12.1. The number of amides is 1. The van der Waals surface area contributed by atoms with E-state index in [0.717, 1.165) is 44.1 Å². The zero-order valence-corrected chi connectivity index (χ0v) is 19.1. The summed E-state index contributed by atoms with van der Waals surface area (Å²) in [7, 11) is 0. The molecule has 0 saturated carbocycles. The summed E-state index contributed by atoms with van der Waals surface area (Å²) in [5.74, 6) is 0.0380. The number of hydrogen-bond acceptors (Lipinski definition) is 4. The zero-order chi connectivity index (χ0) is 22.3. The van der Waals surface area contributed by atoms with Crippen LogP contribution in [-0.2, 0) is 11.3 Å². The molecule has 5 nitrogen and oxygen atoms in total. The van der Waals surface area contributed by atoms with Crippen molar-refractivity contribution in [2.75, 3.05) is 43.0 Å². The number of carbonyl (C=O) groups is 1. The highest BCUT2D eigenvalue weighted by molar-refractivity contribution is 6.37. The molecule has 0 bridgehead atoms. The van der Waals surface area contributed by atoms with Gasteiger partial charge in [-0.1, -0.05) is 59.6 Å². The number of ether oxygens (including phenoxy) is 1. The van der Waals surface area contributed by atoms with Crippen LogP contribution >= 0.6 is 23.2 Å². The number of halogens is 2. The summed E-state index contributed by atoms with van der Waals surface area (Å²) in [5, 5.41) is 3.59. The molecule has 0 atom stereocenters. The van der Waals surface area contributed by atoms with Crippen LogP contribution in [-0.4, -0.2) is 43.6 Å². The Labute approximate surface area is 198 Å². The number of rotatable bonds is 7. The average molecular weight is 470 g/mol. The Morgan fingerprint density at radius 3 is 2.16 bits per heavy atom. The van der Waals surface area contributed by atoms with Crippen molar-refractivity contribution in [3.05, 3.63) is 88.4 Å². The van der Waals surface area contributed by atoms with E-state index in [0.29, 0.717) is 15.8 Å². The lowest BCUT2D eigenvalue weighted by Crippen LogP contribution is -2.45. The normalized spacial score (nSPS) is 14.2. The van der Waals surface area contributed by atoms with Crippen LogP contribution in [0.3, 0.4) is 0 Å². The zero-order valence-electron chi connectivity index (χ0n) is 17.6. The van der Waals surface area contributed by atoms with Crippen molar-refractivity contribution in [2.24, 2.45) is 0 Å². The molecule has 1 saturated heterocycles. The topological polar surface area (TPSA) is 44.8 Å². The molecule has 166 valence electrons. The molecule has 1 heterocycles. The number of nitrogens with one attached hydrogen (secondary N) is 1. The van der Waals surface area contributed by atoms with E-state index in [2.05, 4.69) is 45.4 Å². The maximum Gasteiger partial charge on any atom is 0.262 e. The van der Waals surface area contributed by atoms with Crippen molar-refractivity contribution in [3.8, 4) is 5.75 Å². The molecule has 3 aromatic carbocycles. The van der Waals surface area contributed by atoms with E-state index < -0.39 is 0 Å². The Kier molecular flexibility index (Phi) is 7.53. The maximum atomic E-state index is 12.2. The fourth-order valence-corrected chi connectivity index (χ4v) is 4.22. The molecule has 1 aliphatic rings. The van der Waals surface area contributed by atoms with Crippen LogP contribution in [0.15, 0.2) is 72.8 Å². The number of benzene rings is 3. The largest absolute Gasteiger partial charge is 0.481 e. The number of hydrogen-bond donors (Lipinski definition) is 1. The lowest BCUT2D eigenvalue weighted by Gasteiger charge is -2.36. The van der Waals surface area contributed by atoms with Gasteiger partial charge in [0.1, 0.15) is 0 Å². The molecule has 0 radical (unpaired) electrons. The molecule has 1 amide bonds. The summed E-state index contributed by atoms with van der Waals surface area (Å²) in [6.45, 7) is 4.82. The van der Waals surface area contributed by atoms with Crippen molar-refractivity contribution in [1.82, 2.24) is 4.90 Å². The van der Waals surface area contributed by atoms with Crippen molar-refractivity contribution in [3.63, 3.8) is 0 Å². The van der Waals surface area contributed by atoms with Gasteiger partial charge >= 0.3 is 0 Å². The molecular formula is C25H25Cl2N3O2. The summed E-state index contributed by atoms with van der Waals surface area (Å²) in [6, 6.07) is 23.5. The van der Waals surface area contributed by atoms with E-state index in [9.17, 15) is 4.79 Å². The first-order chi connectivity index (χ1) is 15.6. The van der Waals surface area contributed by atoms with Gasteiger partial charge in [0.05, 0.1) is 10.0 Å². The number of anilines is 2. The summed E-state index contributed by atoms with van der Waals surface area (Å²) in [5.41, 5.74) is 3.22. The molecule has 0 spiro atoms. The van der Waals surface area contributed by atoms with Gasteiger partial charge in [0, 0.05) is 44.1 Å². The summed E-state index contributed by atoms with van der Waals surface area (Å²) in [6.07, 6.45) is 0. The average Bonchev–Trinajstić information content (AvgIpc) is 2.80. The van der Waals surface area contributed by atoms with Crippen LogP contribution in [0, 0.1) is 0 Å². The second kappa shape index (κ2) is 10.7. The lowest BCUT2D eigenvalue weighted by atomic mass is 10.2. The summed E-state index contributed by atoms with van der Waals surface area (Å²) in [4.78, 5) is 17.1. The Morgan fingerprint density at radius 2 is 1.50 bits per heavy atom. The Balaban J connectivity index is 1.25. The van der Waals surface area contributed by atoms with Gasteiger partial charge < -0.3 is 15.0 Å². The highest BCUT2D eigenvalue weighted by atomic mass is 35.5. The molecule has 1 fully saturated rings. The molecule has 4 rings (SSSR count). The third-order valence-electron chi connectivity index (χ3n) is 5.40. The van der Waals surface area contributed by atoms with Crippen molar-refractivity contribution < 1.29 is 9.53 Å². The Hall–Kier alpha value is -2.73. The first kappa shape index (κ1) is 22.5. The van der Waals surface area contributed by atoms with E-state index in [1.54, 1.807) is 18.2 Å². The van der Waals surface area contributed by atoms with Crippen LogP contribution in [0.5, 0.6) is 5.75 Å². The molecule has 7 heteroatoms. The van der Waals surface area contributed by atoms with Gasteiger partial charge in [-0.25, -0.2) is 0 Å². The van der Waals surface area contributed by atoms with Gasteiger partial charge in [-0.2, -0.15) is 0 Å². The van der Waals surface area contributed by atoms with Crippen LogP contribution in [0.25, 0.3) is 0 Å². The second-order valence-corrected chi connectivity index (χ2v) is 8.50. The Morgan fingerprint density at radius 1 is 0.844 bits per heavy atom. The maximum absolute atomic E-state index is 12.2. The van der Waals surface area contributed by atoms with E-state index >= 15 is 0 Å². The first-order valence-electron chi connectivity index (χ1n) is 10.6. The quantitative estimate of drug-likeness (QED) is 0.507. The van der Waals surface area contributed by atoms with Gasteiger partial charge in [-0.3, -0.25) is 9.69 Å². The van der Waals surface area contributed by atoms with Crippen molar-refractivity contribution in [1.29, 1.82) is 0 Å². The minimum atomic E-state index is -0.275. The predicted molar refractivity (Wildman–Crippen MR) is 131 cm³/mol. The van der Waals surface area contributed by atoms with E-state index in [1.165, 1.54) is 5.56 Å². The van der Waals surface area contributed by atoms with Gasteiger partial charge in [-0.05, 0) is 42.0 Å².